The van der Waals surface area contributed by atoms with Crippen molar-refractivity contribution in [1.29, 1.82) is 0 Å². The Morgan fingerprint density at radius 2 is 2.16 bits per heavy atom. The number of methoxy groups -OCH3 is 1. The molecule has 1 amide bonds. The van der Waals surface area contributed by atoms with Gasteiger partial charge in [0.15, 0.2) is 0 Å². The van der Waals surface area contributed by atoms with Gasteiger partial charge in [0.2, 0.25) is 5.91 Å². The standard InChI is InChI=1S/C14H22N2O2S/c1-5-9(2)16-14(17)10(3)19-13-7-6-11(15)8-12(13)18-4/h6-10H,5,15H2,1-4H3,(H,16,17). The normalized spacial score (nSPS) is 13.7. The molecule has 0 fully saturated rings. The van der Waals surface area contributed by atoms with Crippen LogP contribution in [-0.2, 0) is 4.79 Å². The van der Waals surface area contributed by atoms with E-state index in [-0.39, 0.29) is 17.2 Å². The molecule has 2 unspecified atom stereocenters. The van der Waals surface area contributed by atoms with Crippen LogP contribution < -0.4 is 15.8 Å². The maximum absolute atomic E-state index is 12.0. The second-order valence-corrected chi connectivity index (χ2v) is 5.87. The van der Waals surface area contributed by atoms with Gasteiger partial charge in [0.1, 0.15) is 5.75 Å². The van der Waals surface area contributed by atoms with Gasteiger partial charge in [-0.2, -0.15) is 0 Å². The van der Waals surface area contributed by atoms with Crippen LogP contribution in [-0.4, -0.2) is 24.3 Å². The molecule has 5 heteroatoms. The van der Waals surface area contributed by atoms with Gasteiger partial charge in [-0.15, -0.1) is 11.8 Å². The highest BCUT2D eigenvalue weighted by atomic mass is 32.2. The number of amides is 1. The Hall–Kier alpha value is -1.36. The molecule has 1 rings (SSSR count). The molecule has 0 aliphatic rings. The van der Waals surface area contributed by atoms with Crippen molar-refractivity contribution in [3.05, 3.63) is 18.2 Å². The molecular formula is C14H22N2O2S. The van der Waals surface area contributed by atoms with E-state index in [1.165, 1.54) is 11.8 Å². The van der Waals surface area contributed by atoms with E-state index in [2.05, 4.69) is 5.32 Å². The minimum absolute atomic E-state index is 0.0400. The summed E-state index contributed by atoms with van der Waals surface area (Å²) in [7, 11) is 1.60. The third-order valence-electron chi connectivity index (χ3n) is 2.86. The molecule has 0 aliphatic carbocycles. The van der Waals surface area contributed by atoms with Crippen LogP contribution in [0.2, 0.25) is 0 Å². The molecule has 106 valence electrons. The number of nitrogens with one attached hydrogen (secondary N) is 1. The van der Waals surface area contributed by atoms with E-state index >= 15 is 0 Å². The molecule has 4 nitrogen and oxygen atoms in total. The first-order valence-corrected chi connectivity index (χ1v) is 7.26. The van der Waals surface area contributed by atoms with Gasteiger partial charge in [0, 0.05) is 17.8 Å². The second kappa shape index (κ2) is 7.28. The Kier molecular flexibility index (Phi) is 6.02. The summed E-state index contributed by atoms with van der Waals surface area (Å²) in [5.41, 5.74) is 6.36. The smallest absolute Gasteiger partial charge is 0.233 e. The number of benzene rings is 1. The summed E-state index contributed by atoms with van der Waals surface area (Å²) in [6.45, 7) is 5.93. The van der Waals surface area contributed by atoms with Crippen LogP contribution in [0.25, 0.3) is 0 Å². The van der Waals surface area contributed by atoms with Crippen LogP contribution in [0.15, 0.2) is 23.1 Å². The fourth-order valence-corrected chi connectivity index (χ4v) is 2.45. The first kappa shape index (κ1) is 15.7. The molecule has 0 heterocycles. The summed E-state index contributed by atoms with van der Waals surface area (Å²) in [4.78, 5) is 12.9. The van der Waals surface area contributed by atoms with Crippen molar-refractivity contribution in [1.82, 2.24) is 5.32 Å². The Labute approximate surface area is 119 Å². The molecule has 0 spiro atoms. The average Bonchev–Trinajstić information content (AvgIpc) is 2.40. The third-order valence-corrected chi connectivity index (χ3v) is 4.02. The lowest BCUT2D eigenvalue weighted by atomic mass is 10.2. The van der Waals surface area contributed by atoms with Gasteiger partial charge in [0.25, 0.3) is 0 Å². The number of carbonyl (C=O) groups is 1. The molecule has 1 aromatic rings. The first-order chi connectivity index (χ1) is 8.97. The molecular weight excluding hydrogens is 260 g/mol. The van der Waals surface area contributed by atoms with Gasteiger partial charge in [-0.25, -0.2) is 0 Å². The Morgan fingerprint density at radius 3 is 2.74 bits per heavy atom. The summed E-state index contributed by atoms with van der Waals surface area (Å²) in [6.07, 6.45) is 0.925. The Bertz CT molecular complexity index is 437. The average molecular weight is 282 g/mol. The monoisotopic (exact) mass is 282 g/mol. The highest BCUT2D eigenvalue weighted by Crippen LogP contribution is 2.33. The molecule has 0 saturated heterocycles. The molecule has 0 saturated carbocycles. The minimum Gasteiger partial charge on any atom is -0.496 e. The molecule has 0 bridgehead atoms. The van der Waals surface area contributed by atoms with Crippen molar-refractivity contribution >= 4 is 23.4 Å². The van der Waals surface area contributed by atoms with Crippen molar-refractivity contribution in [2.24, 2.45) is 0 Å². The fraction of sp³-hybridized carbons (Fsp3) is 0.500. The van der Waals surface area contributed by atoms with Crippen LogP contribution in [0.4, 0.5) is 5.69 Å². The first-order valence-electron chi connectivity index (χ1n) is 6.38. The Morgan fingerprint density at radius 1 is 1.47 bits per heavy atom. The zero-order valence-corrected chi connectivity index (χ0v) is 12.7. The van der Waals surface area contributed by atoms with E-state index in [1.807, 2.05) is 32.9 Å². The summed E-state index contributed by atoms with van der Waals surface area (Å²) in [6, 6.07) is 5.65. The maximum atomic E-state index is 12.0. The van der Waals surface area contributed by atoms with E-state index in [4.69, 9.17) is 10.5 Å². The van der Waals surface area contributed by atoms with E-state index in [0.717, 1.165) is 11.3 Å². The number of nitrogens with two attached hydrogens (primary N) is 1. The van der Waals surface area contributed by atoms with Gasteiger partial charge in [0.05, 0.1) is 17.3 Å². The number of hydrogen-bond acceptors (Lipinski definition) is 4. The number of anilines is 1. The van der Waals surface area contributed by atoms with E-state index in [9.17, 15) is 4.79 Å². The van der Waals surface area contributed by atoms with Crippen molar-refractivity contribution in [3.63, 3.8) is 0 Å². The largest absolute Gasteiger partial charge is 0.496 e. The molecule has 0 aromatic heterocycles. The van der Waals surface area contributed by atoms with Gasteiger partial charge in [-0.05, 0) is 32.4 Å². The van der Waals surface area contributed by atoms with Gasteiger partial charge in [-0.3, -0.25) is 4.79 Å². The molecule has 2 atom stereocenters. The van der Waals surface area contributed by atoms with E-state index in [0.29, 0.717) is 11.4 Å². The van der Waals surface area contributed by atoms with Crippen molar-refractivity contribution in [3.8, 4) is 5.75 Å². The van der Waals surface area contributed by atoms with E-state index < -0.39 is 0 Å². The summed E-state index contributed by atoms with van der Waals surface area (Å²) in [5.74, 6) is 0.742. The zero-order chi connectivity index (χ0) is 14.4. The summed E-state index contributed by atoms with van der Waals surface area (Å²) >= 11 is 1.47. The number of nitrogen functional groups attached to an aromatic ring is 1. The van der Waals surface area contributed by atoms with Crippen molar-refractivity contribution in [2.45, 2.75) is 43.4 Å². The minimum atomic E-state index is -0.175. The van der Waals surface area contributed by atoms with E-state index in [1.54, 1.807) is 13.2 Å². The predicted octanol–water partition coefficient (Wildman–Crippen LogP) is 2.67. The SMILES string of the molecule is CCC(C)NC(=O)C(C)Sc1ccc(N)cc1OC. The quantitative estimate of drug-likeness (QED) is 0.622. The van der Waals surface area contributed by atoms with Gasteiger partial charge < -0.3 is 15.8 Å². The van der Waals surface area contributed by atoms with Gasteiger partial charge in [-0.1, -0.05) is 6.92 Å². The summed E-state index contributed by atoms with van der Waals surface area (Å²) < 4.78 is 5.28. The van der Waals surface area contributed by atoms with Crippen LogP contribution >= 0.6 is 11.8 Å². The summed E-state index contributed by atoms with van der Waals surface area (Å²) in [5, 5.41) is 2.80. The Balaban J connectivity index is 2.71. The highest BCUT2D eigenvalue weighted by Gasteiger charge is 2.17. The van der Waals surface area contributed by atoms with Crippen LogP contribution in [0.1, 0.15) is 27.2 Å². The lowest BCUT2D eigenvalue weighted by Gasteiger charge is -2.17. The zero-order valence-electron chi connectivity index (χ0n) is 11.9. The number of hydrogen-bond donors (Lipinski definition) is 2. The third kappa shape index (κ3) is 4.67. The fourth-order valence-electron chi connectivity index (χ4n) is 1.49. The number of carbonyl (C=O) groups excluding carboxylic acids is 1. The lowest BCUT2D eigenvalue weighted by molar-refractivity contribution is -0.120. The molecule has 0 radical (unpaired) electrons. The number of thioether (sulfide) groups is 1. The van der Waals surface area contributed by atoms with Gasteiger partial charge >= 0.3 is 0 Å². The van der Waals surface area contributed by atoms with Crippen LogP contribution in [0.3, 0.4) is 0 Å². The van der Waals surface area contributed by atoms with Crippen molar-refractivity contribution < 1.29 is 9.53 Å². The van der Waals surface area contributed by atoms with Crippen molar-refractivity contribution in [2.75, 3.05) is 12.8 Å². The number of rotatable bonds is 6. The number of ether oxygens (including phenoxy) is 1. The van der Waals surface area contributed by atoms with Crippen LogP contribution in [0.5, 0.6) is 5.75 Å². The second-order valence-electron chi connectivity index (χ2n) is 4.49. The van der Waals surface area contributed by atoms with Crippen LogP contribution in [0, 0.1) is 0 Å². The molecule has 3 N–H and O–H groups in total. The molecule has 1 aromatic carbocycles. The molecule has 19 heavy (non-hydrogen) atoms. The molecule has 0 aliphatic heterocycles. The maximum Gasteiger partial charge on any atom is 0.233 e. The topological polar surface area (TPSA) is 64.4 Å². The predicted molar refractivity (Wildman–Crippen MR) is 80.6 cm³/mol. The lowest BCUT2D eigenvalue weighted by Crippen LogP contribution is -2.37. The highest BCUT2D eigenvalue weighted by molar-refractivity contribution is 8.00.